The molecule has 1 rings (SSSR count). The van der Waals surface area contributed by atoms with Crippen LogP contribution < -0.4 is 11.1 Å². The molecule has 1 aliphatic heterocycles. The maximum Gasteiger partial charge on any atom is 0.312 e. The van der Waals surface area contributed by atoms with Crippen molar-refractivity contribution in [3.8, 4) is 0 Å². The summed E-state index contributed by atoms with van der Waals surface area (Å²) in [4.78, 5) is 25.1. The third-order valence-electron chi connectivity index (χ3n) is 3.28. The number of ether oxygens (including phenoxy) is 1. The molecule has 0 radical (unpaired) electrons. The molecular weight excluding hydrogens is 246 g/mol. The van der Waals surface area contributed by atoms with E-state index in [4.69, 9.17) is 10.5 Å². The summed E-state index contributed by atoms with van der Waals surface area (Å²) in [6, 6.07) is -1.31. The standard InChI is InChI=1S/C13H25N3O3/c1-13(2,3)10(15-12(14)18)11(17)16(4)8-9-6-5-7-19-9/h9-10H,5-8H2,1-4H3,(H3,14,15,18). The molecule has 0 aromatic carbocycles. The van der Waals surface area contributed by atoms with Crippen LogP contribution in [0.2, 0.25) is 0 Å². The molecule has 6 nitrogen and oxygen atoms in total. The van der Waals surface area contributed by atoms with Crippen molar-refractivity contribution in [3.05, 3.63) is 0 Å². The van der Waals surface area contributed by atoms with Crippen molar-refractivity contribution in [2.75, 3.05) is 20.2 Å². The number of carbonyl (C=O) groups is 2. The molecule has 6 heteroatoms. The molecule has 3 N–H and O–H groups in total. The minimum atomic E-state index is -0.682. The van der Waals surface area contributed by atoms with Gasteiger partial charge in [-0.15, -0.1) is 0 Å². The van der Waals surface area contributed by atoms with Crippen LogP contribution in [0.4, 0.5) is 4.79 Å². The molecule has 0 aliphatic carbocycles. The van der Waals surface area contributed by atoms with E-state index in [2.05, 4.69) is 5.32 Å². The normalized spacial score (nSPS) is 20.9. The number of nitrogens with zero attached hydrogens (tertiary/aromatic N) is 1. The Morgan fingerprint density at radius 3 is 2.53 bits per heavy atom. The Bertz CT molecular complexity index is 333. The van der Waals surface area contributed by atoms with Gasteiger partial charge in [-0.3, -0.25) is 4.79 Å². The first-order valence-electron chi connectivity index (χ1n) is 6.64. The first-order chi connectivity index (χ1) is 8.71. The zero-order valence-electron chi connectivity index (χ0n) is 12.2. The van der Waals surface area contributed by atoms with Gasteiger partial charge in [-0.25, -0.2) is 4.79 Å². The van der Waals surface area contributed by atoms with E-state index < -0.39 is 17.5 Å². The molecule has 1 fully saturated rings. The summed E-state index contributed by atoms with van der Waals surface area (Å²) < 4.78 is 5.51. The lowest BCUT2D eigenvalue weighted by Gasteiger charge is -2.33. The summed E-state index contributed by atoms with van der Waals surface area (Å²) in [6.45, 7) is 6.99. The van der Waals surface area contributed by atoms with Gasteiger partial charge in [0.15, 0.2) is 0 Å². The maximum absolute atomic E-state index is 12.4. The molecule has 0 bridgehead atoms. The third-order valence-corrected chi connectivity index (χ3v) is 3.28. The van der Waals surface area contributed by atoms with Gasteiger partial charge in [-0.1, -0.05) is 20.8 Å². The van der Waals surface area contributed by atoms with E-state index in [1.165, 1.54) is 0 Å². The number of primary amides is 1. The zero-order chi connectivity index (χ0) is 14.6. The van der Waals surface area contributed by atoms with Crippen LogP contribution in [0, 0.1) is 5.41 Å². The van der Waals surface area contributed by atoms with Crippen molar-refractivity contribution < 1.29 is 14.3 Å². The van der Waals surface area contributed by atoms with Gasteiger partial charge in [0.05, 0.1) is 6.10 Å². The largest absolute Gasteiger partial charge is 0.376 e. The fourth-order valence-electron chi connectivity index (χ4n) is 2.20. The second kappa shape index (κ2) is 6.23. The van der Waals surface area contributed by atoms with E-state index in [0.29, 0.717) is 6.54 Å². The van der Waals surface area contributed by atoms with Gasteiger partial charge in [0, 0.05) is 20.2 Å². The predicted molar refractivity (Wildman–Crippen MR) is 72.6 cm³/mol. The van der Waals surface area contributed by atoms with Gasteiger partial charge >= 0.3 is 6.03 Å². The minimum absolute atomic E-state index is 0.100. The van der Waals surface area contributed by atoms with E-state index in [0.717, 1.165) is 19.4 Å². The van der Waals surface area contributed by atoms with Gasteiger partial charge in [0.2, 0.25) is 5.91 Å². The Morgan fingerprint density at radius 1 is 1.47 bits per heavy atom. The number of hydrogen-bond donors (Lipinski definition) is 2. The molecule has 2 unspecified atom stereocenters. The number of nitrogens with two attached hydrogens (primary N) is 1. The van der Waals surface area contributed by atoms with Crippen LogP contribution in [0.3, 0.4) is 0 Å². The van der Waals surface area contributed by atoms with E-state index in [-0.39, 0.29) is 12.0 Å². The van der Waals surface area contributed by atoms with E-state index in [1.807, 2.05) is 20.8 Å². The van der Waals surface area contributed by atoms with Gasteiger partial charge in [0.25, 0.3) is 0 Å². The lowest BCUT2D eigenvalue weighted by molar-refractivity contribution is -0.135. The number of carbonyl (C=O) groups excluding carboxylic acids is 2. The topological polar surface area (TPSA) is 84.7 Å². The van der Waals surface area contributed by atoms with Crippen molar-refractivity contribution in [2.24, 2.45) is 11.1 Å². The Kier molecular flexibility index (Phi) is 5.17. The molecule has 3 amide bonds. The molecule has 1 heterocycles. The Labute approximate surface area is 114 Å². The highest BCUT2D eigenvalue weighted by molar-refractivity contribution is 5.87. The van der Waals surface area contributed by atoms with Crippen LogP contribution in [-0.2, 0) is 9.53 Å². The Hall–Kier alpha value is -1.30. The summed E-state index contributed by atoms with van der Waals surface area (Å²) in [6.07, 6.45) is 2.11. The van der Waals surface area contributed by atoms with Crippen molar-refractivity contribution in [2.45, 2.75) is 45.8 Å². The quantitative estimate of drug-likeness (QED) is 0.789. The highest BCUT2D eigenvalue weighted by Crippen LogP contribution is 2.21. The number of amides is 3. The molecule has 19 heavy (non-hydrogen) atoms. The highest BCUT2D eigenvalue weighted by atomic mass is 16.5. The number of likely N-dealkylation sites (N-methyl/N-ethyl adjacent to an activating group) is 1. The molecular formula is C13H25N3O3. The maximum atomic E-state index is 12.4. The third kappa shape index (κ3) is 4.70. The Morgan fingerprint density at radius 2 is 2.11 bits per heavy atom. The molecule has 0 aromatic heterocycles. The molecule has 0 aromatic rings. The van der Waals surface area contributed by atoms with Gasteiger partial charge < -0.3 is 20.7 Å². The van der Waals surface area contributed by atoms with Crippen LogP contribution in [0.5, 0.6) is 0 Å². The van der Waals surface area contributed by atoms with Gasteiger partial charge in [0.1, 0.15) is 6.04 Å². The van der Waals surface area contributed by atoms with Gasteiger partial charge in [-0.2, -0.15) is 0 Å². The van der Waals surface area contributed by atoms with E-state index >= 15 is 0 Å². The van der Waals surface area contributed by atoms with Crippen LogP contribution in [0.1, 0.15) is 33.6 Å². The fraction of sp³-hybridized carbons (Fsp3) is 0.846. The van der Waals surface area contributed by atoms with Crippen molar-refractivity contribution in [1.29, 1.82) is 0 Å². The molecule has 1 aliphatic rings. The minimum Gasteiger partial charge on any atom is -0.376 e. The number of rotatable bonds is 4. The first kappa shape index (κ1) is 15.8. The molecule has 2 atom stereocenters. The molecule has 110 valence electrons. The summed E-state index contributed by atoms with van der Waals surface area (Å²) in [7, 11) is 1.73. The molecule has 0 spiro atoms. The summed E-state index contributed by atoms with van der Waals surface area (Å²) >= 11 is 0. The Balaban J connectivity index is 2.66. The van der Waals surface area contributed by atoms with Gasteiger partial charge in [-0.05, 0) is 18.3 Å². The predicted octanol–water partition coefficient (Wildman–Crippen LogP) is 0.707. The SMILES string of the molecule is CN(CC1CCCO1)C(=O)C(NC(N)=O)C(C)(C)C. The van der Waals surface area contributed by atoms with Crippen molar-refractivity contribution in [3.63, 3.8) is 0 Å². The lowest BCUT2D eigenvalue weighted by Crippen LogP contribution is -2.56. The lowest BCUT2D eigenvalue weighted by atomic mass is 9.86. The monoisotopic (exact) mass is 271 g/mol. The number of urea groups is 1. The molecule has 0 saturated carbocycles. The highest BCUT2D eigenvalue weighted by Gasteiger charge is 2.35. The second-order valence-corrected chi connectivity index (χ2v) is 6.16. The summed E-state index contributed by atoms with van der Waals surface area (Å²) in [5.41, 5.74) is 4.75. The average Bonchev–Trinajstić information content (AvgIpc) is 2.75. The van der Waals surface area contributed by atoms with E-state index in [9.17, 15) is 9.59 Å². The molecule has 1 saturated heterocycles. The number of nitrogens with one attached hydrogen (secondary N) is 1. The van der Waals surface area contributed by atoms with E-state index in [1.54, 1.807) is 11.9 Å². The average molecular weight is 271 g/mol. The summed E-state index contributed by atoms with van der Waals surface area (Å²) in [5, 5.41) is 2.53. The van der Waals surface area contributed by atoms with Crippen LogP contribution in [0.15, 0.2) is 0 Å². The smallest absolute Gasteiger partial charge is 0.312 e. The van der Waals surface area contributed by atoms with Crippen LogP contribution >= 0.6 is 0 Å². The second-order valence-electron chi connectivity index (χ2n) is 6.16. The van der Waals surface area contributed by atoms with Crippen LogP contribution in [0.25, 0.3) is 0 Å². The van der Waals surface area contributed by atoms with Crippen molar-refractivity contribution in [1.82, 2.24) is 10.2 Å². The number of hydrogen-bond acceptors (Lipinski definition) is 3. The van der Waals surface area contributed by atoms with Crippen LogP contribution in [-0.4, -0.2) is 49.2 Å². The first-order valence-corrected chi connectivity index (χ1v) is 6.64. The summed E-state index contributed by atoms with van der Waals surface area (Å²) in [5.74, 6) is -0.137. The van der Waals surface area contributed by atoms with Crippen molar-refractivity contribution >= 4 is 11.9 Å². The fourth-order valence-corrected chi connectivity index (χ4v) is 2.20. The zero-order valence-corrected chi connectivity index (χ0v) is 12.2.